The van der Waals surface area contributed by atoms with Crippen LogP contribution in [0.4, 0.5) is 5.69 Å². The number of aryl methyl sites for hydroxylation is 1. The SMILES string of the molecule is COc1ccc(Cl)cc1NC(=O)C[NH+]1CC[NH+](Cc2cccc(C)c2)CC1. The zero-order valence-corrected chi connectivity index (χ0v) is 16.7. The Morgan fingerprint density at radius 1 is 1.11 bits per heavy atom. The number of carbonyl (C=O) groups is 1. The molecule has 144 valence electrons. The number of hydrogen-bond donors (Lipinski definition) is 3. The highest BCUT2D eigenvalue weighted by Gasteiger charge is 2.25. The van der Waals surface area contributed by atoms with E-state index in [-0.39, 0.29) is 5.91 Å². The number of anilines is 1. The van der Waals surface area contributed by atoms with E-state index in [0.717, 1.165) is 32.7 Å². The largest absolute Gasteiger partial charge is 0.495 e. The number of amides is 1. The summed E-state index contributed by atoms with van der Waals surface area (Å²) in [6.07, 6.45) is 0. The van der Waals surface area contributed by atoms with Gasteiger partial charge in [0.1, 0.15) is 38.5 Å². The summed E-state index contributed by atoms with van der Waals surface area (Å²) in [6.45, 7) is 7.82. The number of nitrogens with one attached hydrogen (secondary N) is 3. The van der Waals surface area contributed by atoms with Gasteiger partial charge in [-0.1, -0.05) is 41.4 Å². The van der Waals surface area contributed by atoms with Gasteiger partial charge in [0.05, 0.1) is 12.8 Å². The average Bonchev–Trinajstić information content (AvgIpc) is 2.63. The van der Waals surface area contributed by atoms with Crippen LogP contribution in [0.25, 0.3) is 0 Å². The van der Waals surface area contributed by atoms with Crippen LogP contribution in [-0.2, 0) is 11.3 Å². The van der Waals surface area contributed by atoms with Crippen LogP contribution in [0.1, 0.15) is 11.1 Å². The van der Waals surface area contributed by atoms with E-state index in [9.17, 15) is 4.79 Å². The molecule has 2 aromatic rings. The summed E-state index contributed by atoms with van der Waals surface area (Å²) >= 11 is 6.03. The number of rotatable bonds is 6. The number of piperazine rings is 1. The van der Waals surface area contributed by atoms with E-state index in [2.05, 4.69) is 36.5 Å². The van der Waals surface area contributed by atoms with E-state index in [1.807, 2.05) is 0 Å². The van der Waals surface area contributed by atoms with Crippen molar-refractivity contribution in [1.82, 2.24) is 0 Å². The van der Waals surface area contributed by atoms with E-state index < -0.39 is 0 Å². The lowest BCUT2D eigenvalue weighted by atomic mass is 10.1. The molecule has 1 heterocycles. The second-order valence-electron chi connectivity index (χ2n) is 7.24. The van der Waals surface area contributed by atoms with Gasteiger partial charge < -0.3 is 19.9 Å². The minimum absolute atomic E-state index is 0.00676. The van der Waals surface area contributed by atoms with Gasteiger partial charge in [-0.2, -0.15) is 0 Å². The van der Waals surface area contributed by atoms with E-state index in [0.29, 0.717) is 23.0 Å². The van der Waals surface area contributed by atoms with Crippen molar-refractivity contribution in [2.75, 3.05) is 45.2 Å². The van der Waals surface area contributed by atoms with Crippen LogP contribution in [-0.4, -0.2) is 45.7 Å². The van der Waals surface area contributed by atoms with Crippen molar-refractivity contribution in [2.24, 2.45) is 0 Å². The van der Waals surface area contributed by atoms with Crippen LogP contribution in [0.2, 0.25) is 5.02 Å². The van der Waals surface area contributed by atoms with Crippen molar-refractivity contribution < 1.29 is 19.3 Å². The molecular weight excluding hydrogens is 362 g/mol. The Morgan fingerprint density at radius 2 is 1.85 bits per heavy atom. The van der Waals surface area contributed by atoms with Crippen molar-refractivity contribution >= 4 is 23.2 Å². The number of halogens is 1. The van der Waals surface area contributed by atoms with Gasteiger partial charge in [0.25, 0.3) is 5.91 Å². The average molecular weight is 390 g/mol. The molecule has 1 fully saturated rings. The van der Waals surface area contributed by atoms with Gasteiger partial charge in [0.15, 0.2) is 6.54 Å². The van der Waals surface area contributed by atoms with E-state index in [1.54, 1.807) is 30.2 Å². The Bertz CT molecular complexity index is 789. The second kappa shape index (κ2) is 9.22. The molecule has 0 bridgehead atoms. The fourth-order valence-corrected chi connectivity index (χ4v) is 3.79. The molecule has 3 N–H and O–H groups in total. The summed E-state index contributed by atoms with van der Waals surface area (Å²) in [7, 11) is 1.58. The molecule has 0 aromatic heterocycles. The maximum absolute atomic E-state index is 12.4. The topological polar surface area (TPSA) is 47.2 Å². The third kappa shape index (κ3) is 5.70. The first-order valence-electron chi connectivity index (χ1n) is 9.39. The smallest absolute Gasteiger partial charge is 0.279 e. The first-order chi connectivity index (χ1) is 13.0. The molecule has 0 saturated carbocycles. The normalized spacial score (nSPS) is 19.5. The number of carbonyl (C=O) groups excluding carboxylic acids is 1. The van der Waals surface area contributed by atoms with Gasteiger partial charge in [-0.05, 0) is 25.1 Å². The fourth-order valence-electron chi connectivity index (χ4n) is 3.62. The zero-order valence-electron chi connectivity index (χ0n) is 16.0. The Kier molecular flexibility index (Phi) is 6.72. The molecule has 1 saturated heterocycles. The minimum Gasteiger partial charge on any atom is -0.495 e. The number of methoxy groups -OCH3 is 1. The molecule has 3 rings (SSSR count). The Balaban J connectivity index is 1.47. The molecule has 5 nitrogen and oxygen atoms in total. The lowest BCUT2D eigenvalue weighted by Crippen LogP contribution is -3.28. The van der Waals surface area contributed by atoms with Crippen molar-refractivity contribution in [3.8, 4) is 5.75 Å². The highest BCUT2D eigenvalue weighted by atomic mass is 35.5. The van der Waals surface area contributed by atoms with Gasteiger partial charge >= 0.3 is 0 Å². The summed E-state index contributed by atoms with van der Waals surface area (Å²) in [5.41, 5.74) is 3.32. The van der Waals surface area contributed by atoms with Crippen LogP contribution < -0.4 is 19.9 Å². The van der Waals surface area contributed by atoms with Gasteiger partial charge in [-0.25, -0.2) is 0 Å². The third-order valence-corrected chi connectivity index (χ3v) is 5.28. The van der Waals surface area contributed by atoms with E-state index >= 15 is 0 Å². The quantitative estimate of drug-likeness (QED) is 0.677. The van der Waals surface area contributed by atoms with Gasteiger partial charge in [0, 0.05) is 10.6 Å². The molecule has 1 aliphatic rings. The van der Waals surface area contributed by atoms with Crippen LogP contribution >= 0.6 is 11.6 Å². The highest BCUT2D eigenvalue weighted by molar-refractivity contribution is 6.31. The molecular formula is C21H28ClN3O2+2. The molecule has 0 spiro atoms. The second-order valence-corrected chi connectivity index (χ2v) is 7.67. The number of quaternary nitrogens is 2. The molecule has 2 aromatic carbocycles. The Morgan fingerprint density at radius 3 is 2.56 bits per heavy atom. The maximum Gasteiger partial charge on any atom is 0.279 e. The molecule has 1 amide bonds. The summed E-state index contributed by atoms with van der Waals surface area (Å²) in [5.74, 6) is 0.614. The molecule has 1 aliphatic heterocycles. The molecule has 0 atom stereocenters. The molecule has 0 aliphatic carbocycles. The van der Waals surface area contributed by atoms with E-state index in [4.69, 9.17) is 16.3 Å². The third-order valence-electron chi connectivity index (χ3n) is 5.05. The summed E-state index contributed by atoms with van der Waals surface area (Å²) in [5, 5.41) is 3.51. The molecule has 0 unspecified atom stereocenters. The lowest BCUT2D eigenvalue weighted by Gasteiger charge is -2.29. The standard InChI is InChI=1S/C21H26ClN3O2/c1-16-4-3-5-17(12-16)14-24-8-10-25(11-9-24)15-21(26)23-19-13-18(22)6-7-20(19)27-2/h3-7,12-13H,8-11,14-15H2,1-2H3,(H,23,26)/p+2. The highest BCUT2D eigenvalue weighted by Crippen LogP contribution is 2.27. The Hall–Kier alpha value is -2.08. The van der Waals surface area contributed by atoms with Gasteiger partial charge in [-0.3, -0.25) is 4.79 Å². The van der Waals surface area contributed by atoms with E-state index in [1.165, 1.54) is 16.0 Å². The minimum atomic E-state index is -0.00676. The van der Waals surface area contributed by atoms with Crippen LogP contribution in [0, 0.1) is 6.92 Å². The number of benzene rings is 2. The fraction of sp³-hybridized carbons (Fsp3) is 0.381. The molecule has 6 heteroatoms. The van der Waals surface area contributed by atoms with Crippen molar-refractivity contribution in [3.05, 3.63) is 58.6 Å². The Labute approximate surface area is 165 Å². The van der Waals surface area contributed by atoms with Gasteiger partial charge in [0.2, 0.25) is 0 Å². The van der Waals surface area contributed by atoms with Gasteiger partial charge in [-0.15, -0.1) is 0 Å². The van der Waals surface area contributed by atoms with Crippen molar-refractivity contribution in [1.29, 1.82) is 0 Å². The predicted octanol–water partition coefficient (Wildman–Crippen LogP) is 0.579. The molecule has 27 heavy (non-hydrogen) atoms. The van der Waals surface area contributed by atoms with Crippen LogP contribution in [0.3, 0.4) is 0 Å². The summed E-state index contributed by atoms with van der Waals surface area (Å²) in [4.78, 5) is 15.3. The number of ether oxygens (including phenoxy) is 1. The summed E-state index contributed by atoms with van der Waals surface area (Å²) < 4.78 is 5.29. The first-order valence-corrected chi connectivity index (χ1v) is 9.77. The maximum atomic E-state index is 12.4. The predicted molar refractivity (Wildman–Crippen MR) is 108 cm³/mol. The summed E-state index contributed by atoms with van der Waals surface area (Å²) in [6, 6.07) is 13.9. The molecule has 0 radical (unpaired) electrons. The van der Waals surface area contributed by atoms with Crippen LogP contribution in [0.5, 0.6) is 5.75 Å². The lowest BCUT2D eigenvalue weighted by molar-refractivity contribution is -1.02. The van der Waals surface area contributed by atoms with Crippen LogP contribution in [0.15, 0.2) is 42.5 Å². The first kappa shape index (κ1) is 19.7. The zero-order chi connectivity index (χ0) is 19.2. The number of hydrogen-bond acceptors (Lipinski definition) is 2. The van der Waals surface area contributed by atoms with Crippen molar-refractivity contribution in [3.63, 3.8) is 0 Å². The monoisotopic (exact) mass is 389 g/mol. The van der Waals surface area contributed by atoms with Crippen molar-refractivity contribution in [2.45, 2.75) is 13.5 Å².